The molecular weight excluding hydrogens is 438 g/mol. The third-order valence-electron chi connectivity index (χ3n) is 5.14. The van der Waals surface area contributed by atoms with Crippen LogP contribution in [0.3, 0.4) is 0 Å². The Labute approximate surface area is 193 Å². The van der Waals surface area contributed by atoms with Crippen LogP contribution in [-0.4, -0.2) is 66.0 Å². The van der Waals surface area contributed by atoms with Gasteiger partial charge in [0.1, 0.15) is 27.4 Å². The molecule has 1 amide bonds. The molecule has 2 aromatic heterocycles. The number of methoxy groups -OCH3 is 2. The van der Waals surface area contributed by atoms with E-state index in [1.165, 1.54) is 11.3 Å². The second-order valence-electron chi connectivity index (χ2n) is 6.66. The lowest BCUT2D eigenvalue weighted by atomic mass is 10.3. The molecule has 0 bridgehead atoms. The second-order valence-corrected chi connectivity index (χ2v) is 7.64. The van der Waals surface area contributed by atoms with E-state index in [9.17, 15) is 4.79 Å². The molecule has 170 valence electrons. The molecule has 3 rings (SSSR count). The number of halogens is 1. The minimum absolute atomic E-state index is 0. The van der Waals surface area contributed by atoms with Gasteiger partial charge in [-0.1, -0.05) is 25.2 Å². The van der Waals surface area contributed by atoms with Gasteiger partial charge in [-0.3, -0.25) is 14.4 Å². The van der Waals surface area contributed by atoms with Crippen molar-refractivity contribution in [1.82, 2.24) is 19.7 Å². The molecule has 0 saturated carbocycles. The maximum atomic E-state index is 13.5. The maximum Gasteiger partial charge on any atom is 0.278 e. The molecule has 0 aliphatic heterocycles. The van der Waals surface area contributed by atoms with Gasteiger partial charge in [-0.2, -0.15) is 5.10 Å². The third kappa shape index (κ3) is 5.11. The van der Waals surface area contributed by atoms with Crippen molar-refractivity contribution in [2.75, 3.05) is 45.3 Å². The summed E-state index contributed by atoms with van der Waals surface area (Å²) in [6.45, 7) is 9.96. The topological polar surface area (TPSA) is 72.7 Å². The smallest absolute Gasteiger partial charge is 0.278 e. The van der Waals surface area contributed by atoms with Gasteiger partial charge in [0.15, 0.2) is 5.13 Å². The molecule has 0 spiro atoms. The monoisotopic (exact) mass is 467 g/mol. The van der Waals surface area contributed by atoms with Gasteiger partial charge in [-0.25, -0.2) is 4.98 Å². The van der Waals surface area contributed by atoms with Gasteiger partial charge in [0.25, 0.3) is 5.91 Å². The Morgan fingerprint density at radius 1 is 1.06 bits per heavy atom. The summed E-state index contributed by atoms with van der Waals surface area (Å²) in [7, 11) is 3.24. The number of nitrogens with zero attached hydrogens (tertiary/aromatic N) is 5. The summed E-state index contributed by atoms with van der Waals surface area (Å²) in [5.74, 6) is 1.26. The molecule has 0 aliphatic carbocycles. The second kappa shape index (κ2) is 11.3. The zero-order valence-corrected chi connectivity index (χ0v) is 20.3. The number of fused-ring (bicyclic) bond motifs is 1. The Morgan fingerprint density at radius 3 is 2.35 bits per heavy atom. The molecule has 31 heavy (non-hydrogen) atoms. The van der Waals surface area contributed by atoms with Gasteiger partial charge in [0.2, 0.25) is 0 Å². The summed E-state index contributed by atoms with van der Waals surface area (Å²) < 4.78 is 13.6. The number of carbonyl (C=O) groups excluding carboxylic acids is 1. The van der Waals surface area contributed by atoms with Crippen LogP contribution in [0.5, 0.6) is 11.5 Å². The van der Waals surface area contributed by atoms with Gasteiger partial charge in [0.05, 0.1) is 14.2 Å². The van der Waals surface area contributed by atoms with Crippen molar-refractivity contribution in [3.63, 3.8) is 0 Å². The van der Waals surface area contributed by atoms with Crippen molar-refractivity contribution < 1.29 is 14.3 Å². The molecule has 0 aliphatic rings. The Hall–Kier alpha value is -2.36. The predicted octanol–water partition coefficient (Wildman–Crippen LogP) is 3.94. The molecule has 0 atom stereocenters. The quantitative estimate of drug-likeness (QED) is 0.449. The normalized spacial score (nSPS) is 10.9. The molecule has 8 nitrogen and oxygen atoms in total. The highest BCUT2D eigenvalue weighted by Gasteiger charge is 2.26. The van der Waals surface area contributed by atoms with E-state index in [0.717, 1.165) is 24.3 Å². The van der Waals surface area contributed by atoms with E-state index in [0.29, 0.717) is 40.9 Å². The number of benzene rings is 1. The lowest BCUT2D eigenvalue weighted by molar-refractivity contribution is 0.0973. The van der Waals surface area contributed by atoms with E-state index in [1.807, 2.05) is 19.1 Å². The van der Waals surface area contributed by atoms with Gasteiger partial charge in [0, 0.05) is 25.8 Å². The van der Waals surface area contributed by atoms with Crippen LogP contribution in [0.1, 0.15) is 31.3 Å². The van der Waals surface area contributed by atoms with Crippen LogP contribution in [0, 0.1) is 0 Å². The van der Waals surface area contributed by atoms with Crippen molar-refractivity contribution in [1.29, 1.82) is 0 Å². The summed E-state index contributed by atoms with van der Waals surface area (Å²) in [6.07, 6.45) is 1.66. The van der Waals surface area contributed by atoms with E-state index in [-0.39, 0.29) is 18.3 Å². The molecule has 0 unspecified atom stereocenters. The standard InChI is InChI=1S/C21H29N5O3S.ClH/c1-6-24(7-2)13-14-25(20(27)15-11-12-22-26(15)8-3)21-23-18-16(28-4)9-10-17(29-5)19(18)30-21;/h9-12H,6-8,13-14H2,1-5H3;1H. The molecule has 1 aromatic carbocycles. The highest BCUT2D eigenvalue weighted by atomic mass is 35.5. The molecule has 0 radical (unpaired) electrons. The minimum atomic E-state index is -0.113. The van der Waals surface area contributed by atoms with E-state index in [4.69, 9.17) is 14.5 Å². The van der Waals surface area contributed by atoms with E-state index >= 15 is 0 Å². The van der Waals surface area contributed by atoms with Gasteiger partial charge < -0.3 is 14.4 Å². The van der Waals surface area contributed by atoms with E-state index in [2.05, 4.69) is 23.8 Å². The zero-order valence-electron chi connectivity index (χ0n) is 18.6. The van der Waals surface area contributed by atoms with Crippen LogP contribution in [0.25, 0.3) is 10.2 Å². The Bertz CT molecular complexity index is 961. The van der Waals surface area contributed by atoms with Crippen LogP contribution >= 0.6 is 23.7 Å². The SMILES string of the molecule is CCN(CC)CCN(C(=O)c1ccnn1CC)c1nc2c(OC)ccc(OC)c2s1.Cl. The molecule has 0 saturated heterocycles. The first-order valence-corrected chi connectivity index (χ1v) is 11.0. The van der Waals surface area contributed by atoms with Crippen molar-refractivity contribution in [3.8, 4) is 11.5 Å². The van der Waals surface area contributed by atoms with Gasteiger partial charge >= 0.3 is 0 Å². The number of ether oxygens (including phenoxy) is 2. The summed E-state index contributed by atoms with van der Waals surface area (Å²) in [5.41, 5.74) is 1.25. The molecule has 2 heterocycles. The maximum absolute atomic E-state index is 13.5. The number of aromatic nitrogens is 3. The third-order valence-corrected chi connectivity index (χ3v) is 6.24. The number of carbonyl (C=O) groups is 1. The van der Waals surface area contributed by atoms with Crippen LogP contribution in [0.15, 0.2) is 24.4 Å². The lowest BCUT2D eigenvalue weighted by Gasteiger charge is -2.24. The fourth-order valence-electron chi connectivity index (χ4n) is 3.36. The first-order valence-electron chi connectivity index (χ1n) is 10.1. The first kappa shape index (κ1) is 24.9. The van der Waals surface area contributed by atoms with Crippen LogP contribution < -0.4 is 14.4 Å². The molecule has 0 N–H and O–H groups in total. The van der Waals surface area contributed by atoms with Crippen molar-refractivity contribution in [3.05, 3.63) is 30.1 Å². The highest BCUT2D eigenvalue weighted by molar-refractivity contribution is 7.22. The summed E-state index contributed by atoms with van der Waals surface area (Å²) in [4.78, 5) is 22.3. The fourth-order valence-corrected chi connectivity index (χ4v) is 4.46. The largest absolute Gasteiger partial charge is 0.495 e. The average Bonchev–Trinajstić information content (AvgIpc) is 3.43. The molecule has 3 aromatic rings. The number of hydrogen-bond donors (Lipinski definition) is 0. The van der Waals surface area contributed by atoms with Crippen LogP contribution in [0.2, 0.25) is 0 Å². The van der Waals surface area contributed by atoms with Crippen molar-refractivity contribution in [2.45, 2.75) is 27.3 Å². The molecular formula is C21H30ClN5O3S. The summed E-state index contributed by atoms with van der Waals surface area (Å²) in [5, 5.41) is 4.88. The minimum Gasteiger partial charge on any atom is -0.495 e. The number of likely N-dealkylation sites (N-methyl/N-ethyl adjacent to an activating group) is 1. The van der Waals surface area contributed by atoms with Gasteiger partial charge in [-0.05, 0) is 38.2 Å². The number of amides is 1. The Balaban J connectivity index is 0.00000341. The summed E-state index contributed by atoms with van der Waals surface area (Å²) in [6, 6.07) is 5.45. The number of hydrogen-bond acceptors (Lipinski definition) is 7. The van der Waals surface area contributed by atoms with Gasteiger partial charge in [-0.15, -0.1) is 12.4 Å². The number of aryl methyl sites for hydroxylation is 1. The number of anilines is 1. The molecule has 0 fully saturated rings. The van der Waals surface area contributed by atoms with E-state index < -0.39 is 0 Å². The van der Waals surface area contributed by atoms with Crippen molar-refractivity contribution >= 4 is 45.0 Å². The lowest BCUT2D eigenvalue weighted by Crippen LogP contribution is -2.39. The fraction of sp³-hybridized carbons (Fsp3) is 0.476. The van der Waals surface area contributed by atoms with Crippen LogP contribution in [-0.2, 0) is 6.54 Å². The zero-order chi connectivity index (χ0) is 21.7. The average molecular weight is 468 g/mol. The number of thiazole rings is 1. The van der Waals surface area contributed by atoms with Crippen LogP contribution in [0.4, 0.5) is 5.13 Å². The molecule has 10 heteroatoms. The first-order chi connectivity index (χ1) is 14.6. The highest BCUT2D eigenvalue weighted by Crippen LogP contribution is 2.40. The van der Waals surface area contributed by atoms with E-state index in [1.54, 1.807) is 36.1 Å². The van der Waals surface area contributed by atoms with Crippen molar-refractivity contribution in [2.24, 2.45) is 0 Å². The Kier molecular flexibility index (Phi) is 9.09. The summed E-state index contributed by atoms with van der Waals surface area (Å²) >= 11 is 1.43. The number of rotatable bonds is 10. The Morgan fingerprint density at radius 2 is 1.74 bits per heavy atom. The predicted molar refractivity (Wildman–Crippen MR) is 127 cm³/mol.